The summed E-state index contributed by atoms with van der Waals surface area (Å²) in [6.07, 6.45) is 1.35. The largest absolute Gasteiger partial charge is 0.327 e. The molecule has 3 rings (SSSR count). The number of benzene rings is 1. The Kier molecular flexibility index (Phi) is 3.16. The quantitative estimate of drug-likeness (QED) is 0.866. The van der Waals surface area contributed by atoms with Crippen LogP contribution in [-0.2, 0) is 6.42 Å². The van der Waals surface area contributed by atoms with Gasteiger partial charge < -0.3 is 5.73 Å². The second-order valence-corrected chi connectivity index (χ2v) is 6.21. The number of carbonyl (C=O) groups is 1. The lowest BCUT2D eigenvalue weighted by Gasteiger charge is -2.03. The zero-order valence-corrected chi connectivity index (χ0v) is 11.5. The van der Waals surface area contributed by atoms with E-state index >= 15 is 0 Å². The van der Waals surface area contributed by atoms with Crippen LogP contribution in [0.2, 0.25) is 0 Å². The number of nitrogens with two attached hydrogens (primary N) is 1. The Morgan fingerprint density at radius 1 is 1.47 bits per heavy atom. The highest BCUT2D eigenvalue weighted by molar-refractivity contribution is 7.11. The normalized spacial score (nSPS) is 21.4. The fourth-order valence-corrected chi connectivity index (χ4v) is 2.90. The van der Waals surface area contributed by atoms with Crippen LogP contribution in [0.15, 0.2) is 24.3 Å². The maximum Gasteiger partial charge on any atom is 0.169 e. The van der Waals surface area contributed by atoms with E-state index in [-0.39, 0.29) is 11.8 Å². The molecule has 0 radical (unpaired) electrons. The number of nitrogens with zero attached hydrogens (tertiary/aromatic N) is 2. The molecule has 2 unspecified atom stereocenters. The van der Waals surface area contributed by atoms with Crippen molar-refractivity contribution in [2.24, 2.45) is 5.73 Å². The van der Waals surface area contributed by atoms with Gasteiger partial charge in [0.15, 0.2) is 5.78 Å². The molecule has 0 aliphatic heterocycles. The van der Waals surface area contributed by atoms with E-state index in [1.54, 1.807) is 0 Å². The minimum atomic E-state index is 0.0900. The zero-order chi connectivity index (χ0) is 13.4. The molecule has 1 aliphatic rings. The van der Waals surface area contributed by atoms with Gasteiger partial charge in [0, 0.05) is 17.5 Å². The Bertz CT molecular complexity index is 623. The van der Waals surface area contributed by atoms with E-state index in [0.717, 1.165) is 22.0 Å². The first kappa shape index (κ1) is 12.4. The molecule has 1 aliphatic carbocycles. The van der Waals surface area contributed by atoms with Crippen LogP contribution in [0.1, 0.15) is 38.3 Å². The van der Waals surface area contributed by atoms with Gasteiger partial charge >= 0.3 is 0 Å². The molecule has 19 heavy (non-hydrogen) atoms. The molecule has 1 aromatic carbocycles. The summed E-state index contributed by atoms with van der Waals surface area (Å²) in [6.45, 7) is 1.89. The average Bonchev–Trinajstić information content (AvgIpc) is 3.00. The van der Waals surface area contributed by atoms with Crippen LogP contribution in [0, 0.1) is 6.92 Å². The van der Waals surface area contributed by atoms with Crippen LogP contribution in [0.5, 0.6) is 0 Å². The van der Waals surface area contributed by atoms with Gasteiger partial charge in [0.2, 0.25) is 0 Å². The Hall–Kier alpha value is -1.59. The standard InChI is InChI=1S/C14H15N3OS/c1-8-16-17-14(19-8)7-13(18)10-4-2-3-9(5-10)11-6-12(11)15/h2-5,11-12H,6-7,15H2,1H3. The molecule has 5 heteroatoms. The number of rotatable bonds is 4. The highest BCUT2D eigenvalue weighted by Gasteiger charge is 2.34. The Labute approximate surface area is 115 Å². The van der Waals surface area contributed by atoms with E-state index in [4.69, 9.17) is 5.73 Å². The van der Waals surface area contributed by atoms with Gasteiger partial charge in [-0.05, 0) is 25.0 Å². The van der Waals surface area contributed by atoms with Crippen LogP contribution < -0.4 is 5.73 Å². The molecule has 98 valence electrons. The van der Waals surface area contributed by atoms with Crippen molar-refractivity contribution in [1.29, 1.82) is 0 Å². The predicted molar refractivity (Wildman–Crippen MR) is 74.5 cm³/mol. The van der Waals surface area contributed by atoms with E-state index in [2.05, 4.69) is 10.2 Å². The van der Waals surface area contributed by atoms with Crippen LogP contribution in [0.4, 0.5) is 0 Å². The number of aryl methyl sites for hydroxylation is 1. The van der Waals surface area contributed by atoms with Gasteiger partial charge in [0.25, 0.3) is 0 Å². The zero-order valence-electron chi connectivity index (χ0n) is 10.7. The SMILES string of the molecule is Cc1nnc(CC(=O)c2cccc(C3CC3N)c2)s1. The van der Waals surface area contributed by atoms with E-state index in [1.165, 1.54) is 16.9 Å². The van der Waals surface area contributed by atoms with Crippen molar-refractivity contribution in [3.8, 4) is 0 Å². The summed E-state index contributed by atoms with van der Waals surface area (Å²) in [6, 6.07) is 8.06. The number of ketones is 1. The number of hydrogen-bond donors (Lipinski definition) is 1. The smallest absolute Gasteiger partial charge is 0.169 e. The second-order valence-electron chi connectivity index (χ2n) is 4.95. The van der Waals surface area contributed by atoms with Crippen molar-refractivity contribution >= 4 is 17.1 Å². The van der Waals surface area contributed by atoms with Gasteiger partial charge in [-0.3, -0.25) is 4.79 Å². The molecule has 1 saturated carbocycles. The van der Waals surface area contributed by atoms with Gasteiger partial charge in [-0.1, -0.05) is 18.2 Å². The third-order valence-electron chi connectivity index (χ3n) is 3.36. The number of hydrogen-bond acceptors (Lipinski definition) is 5. The van der Waals surface area contributed by atoms with Crippen molar-refractivity contribution in [3.63, 3.8) is 0 Å². The number of aromatic nitrogens is 2. The molecule has 0 saturated heterocycles. The molecule has 1 aromatic heterocycles. The summed E-state index contributed by atoms with van der Waals surface area (Å²) in [4.78, 5) is 12.2. The number of carbonyl (C=O) groups excluding carboxylic acids is 1. The molecule has 2 atom stereocenters. The van der Waals surface area contributed by atoms with Crippen LogP contribution in [-0.4, -0.2) is 22.0 Å². The Balaban J connectivity index is 1.76. The van der Waals surface area contributed by atoms with Crippen LogP contribution >= 0.6 is 11.3 Å². The Morgan fingerprint density at radius 3 is 2.89 bits per heavy atom. The molecule has 1 heterocycles. The highest BCUT2D eigenvalue weighted by atomic mass is 32.1. The van der Waals surface area contributed by atoms with Gasteiger partial charge in [-0.25, -0.2) is 0 Å². The minimum Gasteiger partial charge on any atom is -0.327 e. The lowest BCUT2D eigenvalue weighted by atomic mass is 10.0. The van der Waals surface area contributed by atoms with E-state index in [0.29, 0.717) is 12.3 Å². The Morgan fingerprint density at radius 2 is 2.26 bits per heavy atom. The van der Waals surface area contributed by atoms with Crippen molar-refractivity contribution in [2.75, 3.05) is 0 Å². The first-order valence-electron chi connectivity index (χ1n) is 6.31. The second kappa shape index (κ2) is 4.83. The molecule has 0 spiro atoms. The van der Waals surface area contributed by atoms with Gasteiger partial charge in [0.1, 0.15) is 10.0 Å². The molecular weight excluding hydrogens is 258 g/mol. The molecule has 4 nitrogen and oxygen atoms in total. The predicted octanol–water partition coefficient (Wildman–Crippen LogP) is 2.09. The third kappa shape index (κ3) is 2.72. The first-order valence-corrected chi connectivity index (χ1v) is 7.13. The number of Topliss-reactive ketones (excluding diaryl/α,β-unsaturated/α-hetero) is 1. The highest BCUT2D eigenvalue weighted by Crippen LogP contribution is 2.39. The lowest BCUT2D eigenvalue weighted by molar-refractivity contribution is 0.0992. The molecule has 2 N–H and O–H groups in total. The van der Waals surface area contributed by atoms with E-state index < -0.39 is 0 Å². The van der Waals surface area contributed by atoms with Crippen molar-refractivity contribution in [2.45, 2.75) is 31.7 Å². The monoisotopic (exact) mass is 273 g/mol. The van der Waals surface area contributed by atoms with E-state index in [1.807, 2.05) is 31.2 Å². The maximum absolute atomic E-state index is 12.2. The van der Waals surface area contributed by atoms with Crippen molar-refractivity contribution in [3.05, 3.63) is 45.4 Å². The molecular formula is C14H15N3OS. The molecule has 0 amide bonds. The fourth-order valence-electron chi connectivity index (χ4n) is 2.19. The maximum atomic E-state index is 12.2. The van der Waals surface area contributed by atoms with Crippen LogP contribution in [0.25, 0.3) is 0 Å². The summed E-state index contributed by atoms with van der Waals surface area (Å²) < 4.78 is 0. The van der Waals surface area contributed by atoms with Gasteiger partial charge in [-0.2, -0.15) is 0 Å². The lowest BCUT2D eigenvalue weighted by Crippen LogP contribution is -2.05. The van der Waals surface area contributed by atoms with Crippen molar-refractivity contribution < 1.29 is 4.79 Å². The minimum absolute atomic E-state index is 0.0900. The van der Waals surface area contributed by atoms with Gasteiger partial charge in [-0.15, -0.1) is 21.5 Å². The van der Waals surface area contributed by atoms with E-state index in [9.17, 15) is 4.79 Å². The summed E-state index contributed by atoms with van der Waals surface area (Å²) in [5.41, 5.74) is 7.76. The average molecular weight is 273 g/mol. The first-order chi connectivity index (χ1) is 9.13. The van der Waals surface area contributed by atoms with Crippen LogP contribution in [0.3, 0.4) is 0 Å². The topological polar surface area (TPSA) is 68.9 Å². The van der Waals surface area contributed by atoms with Crippen molar-refractivity contribution in [1.82, 2.24) is 10.2 Å². The summed E-state index contributed by atoms with van der Waals surface area (Å²) in [5.74, 6) is 0.517. The summed E-state index contributed by atoms with van der Waals surface area (Å²) in [7, 11) is 0. The summed E-state index contributed by atoms with van der Waals surface area (Å²) >= 11 is 1.47. The van der Waals surface area contributed by atoms with Gasteiger partial charge in [0.05, 0.1) is 6.42 Å². The molecule has 2 aromatic rings. The fraction of sp³-hybridized carbons (Fsp3) is 0.357. The molecule has 1 fully saturated rings. The third-order valence-corrected chi connectivity index (χ3v) is 4.19. The molecule has 0 bridgehead atoms. The summed E-state index contributed by atoms with van der Waals surface area (Å²) in [5, 5.41) is 9.58.